The second kappa shape index (κ2) is 5.60. The van der Waals surface area contributed by atoms with Gasteiger partial charge < -0.3 is 9.88 Å². The van der Waals surface area contributed by atoms with Crippen LogP contribution in [-0.4, -0.2) is 9.55 Å². The summed E-state index contributed by atoms with van der Waals surface area (Å²) in [5.74, 6) is 0.959. The molecule has 4 heteroatoms. The largest absolute Gasteiger partial charge is 0.325 e. The fourth-order valence-corrected chi connectivity index (χ4v) is 3.27. The molecule has 0 aliphatic heterocycles. The Morgan fingerprint density at radius 2 is 2.00 bits per heavy atom. The van der Waals surface area contributed by atoms with Crippen LogP contribution in [0.25, 0.3) is 0 Å². The molecular weight excluding hydrogens is 314 g/mol. The summed E-state index contributed by atoms with van der Waals surface area (Å²) in [6, 6.07) is 6.92. The number of rotatable bonds is 3. The van der Waals surface area contributed by atoms with Gasteiger partial charge in [0, 0.05) is 16.7 Å². The number of nitrogens with one attached hydrogen (secondary N) is 1. The third-order valence-electron chi connectivity index (χ3n) is 3.94. The van der Waals surface area contributed by atoms with Crippen LogP contribution in [0.15, 0.2) is 28.9 Å². The molecule has 1 aliphatic rings. The van der Waals surface area contributed by atoms with Crippen molar-refractivity contribution in [3.8, 4) is 0 Å². The first-order chi connectivity index (χ1) is 9.63. The minimum atomic E-state index is 0.599. The molecule has 20 heavy (non-hydrogen) atoms. The third kappa shape index (κ3) is 2.75. The summed E-state index contributed by atoms with van der Waals surface area (Å²) in [5.41, 5.74) is 3.39. The molecule has 1 heterocycles. The van der Waals surface area contributed by atoms with Gasteiger partial charge in [0.05, 0.1) is 11.4 Å². The maximum atomic E-state index is 4.65. The van der Waals surface area contributed by atoms with E-state index < -0.39 is 0 Å². The van der Waals surface area contributed by atoms with Crippen LogP contribution >= 0.6 is 15.9 Å². The zero-order chi connectivity index (χ0) is 14.1. The molecule has 2 aromatic rings. The van der Waals surface area contributed by atoms with Gasteiger partial charge >= 0.3 is 0 Å². The number of anilines is 2. The van der Waals surface area contributed by atoms with Gasteiger partial charge in [-0.15, -0.1) is 0 Å². The van der Waals surface area contributed by atoms with E-state index in [9.17, 15) is 0 Å². The SMILES string of the molecule is Cc1ccc(Br)c(Nc2nc(C)cn2C2CCCC2)c1. The number of hydrogen-bond acceptors (Lipinski definition) is 2. The summed E-state index contributed by atoms with van der Waals surface area (Å²) < 4.78 is 3.39. The van der Waals surface area contributed by atoms with E-state index in [1.54, 1.807) is 0 Å². The van der Waals surface area contributed by atoms with Gasteiger partial charge in [-0.25, -0.2) is 4.98 Å². The Bertz CT molecular complexity index is 612. The molecule has 1 aromatic carbocycles. The van der Waals surface area contributed by atoms with Crippen molar-refractivity contribution in [1.82, 2.24) is 9.55 Å². The smallest absolute Gasteiger partial charge is 0.207 e. The van der Waals surface area contributed by atoms with E-state index in [0.29, 0.717) is 6.04 Å². The Morgan fingerprint density at radius 3 is 2.75 bits per heavy atom. The van der Waals surface area contributed by atoms with E-state index in [1.807, 2.05) is 0 Å². The van der Waals surface area contributed by atoms with E-state index in [1.165, 1.54) is 31.2 Å². The number of imidazole rings is 1. The monoisotopic (exact) mass is 333 g/mol. The molecule has 1 saturated carbocycles. The van der Waals surface area contributed by atoms with Crippen molar-refractivity contribution >= 4 is 27.6 Å². The molecule has 0 bridgehead atoms. The number of hydrogen-bond donors (Lipinski definition) is 1. The van der Waals surface area contributed by atoms with Crippen LogP contribution in [0.3, 0.4) is 0 Å². The molecule has 0 amide bonds. The summed E-state index contributed by atoms with van der Waals surface area (Å²) in [7, 11) is 0. The predicted molar refractivity (Wildman–Crippen MR) is 86.6 cm³/mol. The van der Waals surface area contributed by atoms with Gasteiger partial charge in [0.15, 0.2) is 0 Å². The molecule has 0 unspecified atom stereocenters. The minimum absolute atomic E-state index is 0.599. The van der Waals surface area contributed by atoms with E-state index in [-0.39, 0.29) is 0 Å². The fourth-order valence-electron chi connectivity index (χ4n) is 2.92. The fraction of sp³-hybridized carbons (Fsp3) is 0.438. The van der Waals surface area contributed by atoms with Crippen LogP contribution in [0, 0.1) is 13.8 Å². The Labute approximate surface area is 128 Å². The molecule has 0 saturated heterocycles. The lowest BCUT2D eigenvalue weighted by molar-refractivity contribution is 0.524. The predicted octanol–water partition coefficient (Wildman–Crippen LogP) is 5.12. The van der Waals surface area contributed by atoms with Gasteiger partial charge in [0.1, 0.15) is 0 Å². The maximum Gasteiger partial charge on any atom is 0.207 e. The summed E-state index contributed by atoms with van der Waals surface area (Å²) in [6.45, 7) is 4.16. The average Bonchev–Trinajstić information content (AvgIpc) is 3.03. The molecule has 106 valence electrons. The van der Waals surface area contributed by atoms with Crippen molar-refractivity contribution < 1.29 is 0 Å². The molecule has 1 aromatic heterocycles. The van der Waals surface area contributed by atoms with Crippen LogP contribution in [-0.2, 0) is 0 Å². The first kappa shape index (κ1) is 13.7. The van der Waals surface area contributed by atoms with Crippen LogP contribution in [0.5, 0.6) is 0 Å². The highest BCUT2D eigenvalue weighted by Crippen LogP contribution is 2.34. The number of aryl methyl sites for hydroxylation is 2. The van der Waals surface area contributed by atoms with Crippen molar-refractivity contribution in [2.24, 2.45) is 0 Å². The Kier molecular flexibility index (Phi) is 3.83. The van der Waals surface area contributed by atoms with Crippen LogP contribution in [0.1, 0.15) is 43.0 Å². The van der Waals surface area contributed by atoms with E-state index in [2.05, 4.69) is 69.0 Å². The normalized spacial score (nSPS) is 15.8. The van der Waals surface area contributed by atoms with Crippen molar-refractivity contribution in [2.45, 2.75) is 45.6 Å². The van der Waals surface area contributed by atoms with Crippen molar-refractivity contribution in [3.63, 3.8) is 0 Å². The summed E-state index contributed by atoms with van der Waals surface area (Å²) in [5, 5.41) is 3.48. The molecule has 3 nitrogen and oxygen atoms in total. The summed E-state index contributed by atoms with van der Waals surface area (Å²) in [4.78, 5) is 4.65. The highest BCUT2D eigenvalue weighted by Gasteiger charge is 2.20. The average molecular weight is 334 g/mol. The van der Waals surface area contributed by atoms with Crippen molar-refractivity contribution in [3.05, 3.63) is 40.1 Å². The van der Waals surface area contributed by atoms with Gasteiger partial charge in [-0.1, -0.05) is 18.9 Å². The first-order valence-corrected chi connectivity index (χ1v) is 8.01. The molecule has 1 fully saturated rings. The van der Waals surface area contributed by atoms with Gasteiger partial charge in [-0.2, -0.15) is 0 Å². The standard InChI is InChI=1S/C16H20BrN3/c1-11-7-8-14(17)15(9-11)19-16-18-12(2)10-20(16)13-5-3-4-6-13/h7-10,13H,3-6H2,1-2H3,(H,18,19). The minimum Gasteiger partial charge on any atom is -0.325 e. The first-order valence-electron chi connectivity index (χ1n) is 7.22. The number of nitrogens with zero attached hydrogens (tertiary/aromatic N) is 2. The van der Waals surface area contributed by atoms with Crippen molar-refractivity contribution in [2.75, 3.05) is 5.32 Å². The zero-order valence-corrected chi connectivity index (χ0v) is 13.6. The third-order valence-corrected chi connectivity index (χ3v) is 4.63. The maximum absolute atomic E-state index is 4.65. The second-order valence-corrected chi connectivity index (χ2v) is 6.51. The number of benzene rings is 1. The Morgan fingerprint density at radius 1 is 1.25 bits per heavy atom. The molecular formula is C16H20BrN3. The van der Waals surface area contributed by atoms with E-state index >= 15 is 0 Å². The molecule has 1 N–H and O–H groups in total. The lowest BCUT2D eigenvalue weighted by Crippen LogP contribution is -2.08. The lowest BCUT2D eigenvalue weighted by atomic mass is 10.2. The second-order valence-electron chi connectivity index (χ2n) is 5.66. The lowest BCUT2D eigenvalue weighted by Gasteiger charge is -2.16. The zero-order valence-electron chi connectivity index (χ0n) is 12.0. The highest BCUT2D eigenvalue weighted by atomic mass is 79.9. The topological polar surface area (TPSA) is 29.9 Å². The molecule has 3 rings (SSSR count). The van der Waals surface area contributed by atoms with Gasteiger partial charge in [0.2, 0.25) is 5.95 Å². The van der Waals surface area contributed by atoms with Gasteiger partial charge in [0.25, 0.3) is 0 Å². The summed E-state index contributed by atoms with van der Waals surface area (Å²) >= 11 is 3.60. The Balaban J connectivity index is 1.92. The van der Waals surface area contributed by atoms with E-state index in [4.69, 9.17) is 0 Å². The molecule has 1 aliphatic carbocycles. The number of aromatic nitrogens is 2. The van der Waals surface area contributed by atoms with E-state index in [0.717, 1.165) is 21.8 Å². The van der Waals surface area contributed by atoms with Crippen LogP contribution in [0.4, 0.5) is 11.6 Å². The molecule has 0 spiro atoms. The molecule has 0 radical (unpaired) electrons. The van der Waals surface area contributed by atoms with Gasteiger partial charge in [-0.3, -0.25) is 0 Å². The van der Waals surface area contributed by atoms with Crippen LogP contribution < -0.4 is 5.32 Å². The highest BCUT2D eigenvalue weighted by molar-refractivity contribution is 9.10. The summed E-state index contributed by atoms with van der Waals surface area (Å²) in [6.07, 6.45) is 7.35. The Hall–Kier alpha value is -1.29. The number of halogens is 1. The van der Waals surface area contributed by atoms with Crippen LogP contribution in [0.2, 0.25) is 0 Å². The van der Waals surface area contributed by atoms with Gasteiger partial charge in [-0.05, 0) is 60.3 Å². The molecule has 0 atom stereocenters. The van der Waals surface area contributed by atoms with Crippen molar-refractivity contribution in [1.29, 1.82) is 0 Å². The quantitative estimate of drug-likeness (QED) is 0.844.